The quantitative estimate of drug-likeness (QED) is 0.222. The molecule has 0 unspecified atom stereocenters. The van der Waals surface area contributed by atoms with Gasteiger partial charge in [0, 0.05) is 23.8 Å². The number of ether oxygens (including phenoxy) is 2. The lowest BCUT2D eigenvalue weighted by molar-refractivity contribution is 0.214. The molecule has 1 atom stereocenters. The molecule has 0 aliphatic rings. The van der Waals surface area contributed by atoms with Crippen LogP contribution in [0.15, 0.2) is 30.3 Å². The fraction of sp³-hybridized carbons (Fsp3) is 0.586. The van der Waals surface area contributed by atoms with E-state index in [1.807, 2.05) is 6.07 Å². The fourth-order valence-corrected chi connectivity index (χ4v) is 4.16. The van der Waals surface area contributed by atoms with Gasteiger partial charge in [0.25, 0.3) is 0 Å². The van der Waals surface area contributed by atoms with Gasteiger partial charge in [-0.2, -0.15) is 0 Å². The van der Waals surface area contributed by atoms with E-state index in [0.717, 1.165) is 61.3 Å². The Morgan fingerprint density at radius 1 is 0.735 bits per heavy atom. The van der Waals surface area contributed by atoms with Crippen molar-refractivity contribution in [3.8, 4) is 28.7 Å². The van der Waals surface area contributed by atoms with E-state index in [9.17, 15) is 15.3 Å². The Morgan fingerprint density at radius 2 is 1.44 bits per heavy atom. The first-order valence-electron chi connectivity index (χ1n) is 12.9. The van der Waals surface area contributed by atoms with Crippen LogP contribution >= 0.6 is 0 Å². The second kappa shape index (κ2) is 14.6. The van der Waals surface area contributed by atoms with Gasteiger partial charge in [-0.05, 0) is 55.2 Å². The normalized spacial score (nSPS) is 12.1. The predicted octanol–water partition coefficient (Wildman–Crippen LogP) is 7.39. The minimum atomic E-state index is -0.0505. The predicted molar refractivity (Wildman–Crippen MR) is 138 cm³/mol. The summed E-state index contributed by atoms with van der Waals surface area (Å²) in [4.78, 5) is 0. The highest BCUT2D eigenvalue weighted by molar-refractivity contribution is 5.47. The van der Waals surface area contributed by atoms with E-state index in [1.165, 1.54) is 37.5 Å². The van der Waals surface area contributed by atoms with Crippen LogP contribution in [-0.2, 0) is 12.8 Å². The summed E-state index contributed by atoms with van der Waals surface area (Å²) in [6.07, 6.45) is 9.82. The molecule has 5 nitrogen and oxygen atoms in total. The number of aryl methyl sites for hydroxylation is 1. The lowest BCUT2D eigenvalue weighted by Crippen LogP contribution is -2.11. The summed E-state index contributed by atoms with van der Waals surface area (Å²) in [7, 11) is 0. The van der Waals surface area contributed by atoms with Crippen molar-refractivity contribution in [2.24, 2.45) is 11.8 Å². The van der Waals surface area contributed by atoms with Crippen molar-refractivity contribution in [3.63, 3.8) is 0 Å². The minimum Gasteiger partial charge on any atom is -0.508 e. The average molecular weight is 473 g/mol. The zero-order chi connectivity index (χ0) is 24.9. The molecule has 5 heteroatoms. The van der Waals surface area contributed by atoms with Crippen LogP contribution in [0.4, 0.5) is 0 Å². The fourth-order valence-electron chi connectivity index (χ4n) is 4.16. The highest BCUT2D eigenvalue weighted by Crippen LogP contribution is 2.33. The molecule has 0 aliphatic heterocycles. The molecule has 2 rings (SSSR count). The third-order valence-electron chi connectivity index (χ3n) is 6.17. The Balaban J connectivity index is 2.01. The van der Waals surface area contributed by atoms with Crippen LogP contribution in [0.3, 0.4) is 0 Å². The summed E-state index contributed by atoms with van der Waals surface area (Å²) in [6.45, 7) is 9.56. The Labute approximate surface area is 205 Å². The van der Waals surface area contributed by atoms with Crippen LogP contribution in [0, 0.1) is 11.8 Å². The zero-order valence-corrected chi connectivity index (χ0v) is 21.5. The first-order chi connectivity index (χ1) is 16.3. The van der Waals surface area contributed by atoms with Gasteiger partial charge in [-0.25, -0.2) is 0 Å². The van der Waals surface area contributed by atoms with Gasteiger partial charge < -0.3 is 24.8 Å². The lowest BCUT2D eigenvalue weighted by atomic mass is 9.93. The average Bonchev–Trinajstić information content (AvgIpc) is 2.75. The van der Waals surface area contributed by atoms with Crippen molar-refractivity contribution in [1.29, 1.82) is 0 Å². The molecule has 0 aromatic heterocycles. The molecule has 0 saturated carbocycles. The van der Waals surface area contributed by atoms with Gasteiger partial charge >= 0.3 is 0 Å². The molecule has 0 bridgehead atoms. The van der Waals surface area contributed by atoms with Crippen molar-refractivity contribution in [2.75, 3.05) is 13.2 Å². The number of rotatable bonds is 16. The number of hydrogen-bond donors (Lipinski definition) is 3. The molecule has 0 radical (unpaired) electrons. The third-order valence-corrected chi connectivity index (χ3v) is 6.17. The van der Waals surface area contributed by atoms with E-state index >= 15 is 0 Å². The molecule has 0 amide bonds. The molecule has 3 N–H and O–H groups in total. The Morgan fingerprint density at radius 3 is 2.12 bits per heavy atom. The summed E-state index contributed by atoms with van der Waals surface area (Å²) in [5.41, 5.74) is 1.96. The van der Waals surface area contributed by atoms with Gasteiger partial charge in [0.05, 0.1) is 0 Å². The van der Waals surface area contributed by atoms with Crippen LogP contribution in [0.5, 0.6) is 28.7 Å². The third kappa shape index (κ3) is 10.1. The molecule has 0 saturated heterocycles. The minimum absolute atomic E-state index is 0.0505. The monoisotopic (exact) mass is 472 g/mol. The molecule has 2 aromatic rings. The van der Waals surface area contributed by atoms with Crippen LogP contribution in [0.25, 0.3) is 0 Å². The smallest absolute Gasteiger partial charge is 0.126 e. The summed E-state index contributed by atoms with van der Waals surface area (Å²) in [6, 6.07) is 8.12. The van der Waals surface area contributed by atoms with Gasteiger partial charge in [0.1, 0.15) is 42.0 Å². The highest BCUT2D eigenvalue weighted by Gasteiger charge is 2.14. The van der Waals surface area contributed by atoms with E-state index in [0.29, 0.717) is 24.0 Å². The zero-order valence-electron chi connectivity index (χ0n) is 21.5. The largest absolute Gasteiger partial charge is 0.508 e. The molecule has 0 fully saturated rings. The Bertz CT molecular complexity index is 842. The van der Waals surface area contributed by atoms with Crippen molar-refractivity contribution < 1.29 is 24.8 Å². The van der Waals surface area contributed by atoms with Gasteiger partial charge in [0.15, 0.2) is 0 Å². The maximum atomic E-state index is 10.8. The summed E-state index contributed by atoms with van der Waals surface area (Å²) in [5, 5.41) is 30.0. The Hall–Kier alpha value is -2.56. The van der Waals surface area contributed by atoms with Crippen LogP contribution in [0.1, 0.15) is 83.8 Å². The number of phenolic OH excluding ortho intramolecular Hbond substituents is 3. The maximum Gasteiger partial charge on any atom is 0.126 e. The van der Waals surface area contributed by atoms with Crippen molar-refractivity contribution in [3.05, 3.63) is 41.5 Å². The van der Waals surface area contributed by atoms with E-state index < -0.39 is 0 Å². The van der Waals surface area contributed by atoms with Crippen LogP contribution in [0.2, 0.25) is 0 Å². The van der Waals surface area contributed by atoms with Gasteiger partial charge in [-0.15, -0.1) is 0 Å². The summed E-state index contributed by atoms with van der Waals surface area (Å²) in [5.74, 6) is 2.66. The maximum absolute atomic E-state index is 10.8. The van der Waals surface area contributed by atoms with Gasteiger partial charge in [-0.1, -0.05) is 59.8 Å². The van der Waals surface area contributed by atoms with E-state index in [4.69, 9.17) is 9.47 Å². The first kappa shape index (κ1) is 27.7. The molecular weight excluding hydrogens is 428 g/mol. The number of benzene rings is 2. The number of phenols is 3. The van der Waals surface area contributed by atoms with Crippen LogP contribution < -0.4 is 9.47 Å². The summed E-state index contributed by atoms with van der Waals surface area (Å²) < 4.78 is 11.7. The second-order valence-corrected chi connectivity index (χ2v) is 9.90. The summed E-state index contributed by atoms with van der Waals surface area (Å²) >= 11 is 0. The molecule has 0 spiro atoms. The highest BCUT2D eigenvalue weighted by atomic mass is 16.5. The van der Waals surface area contributed by atoms with Gasteiger partial charge in [0.2, 0.25) is 0 Å². The molecule has 0 aliphatic carbocycles. The SMILES string of the molecule is CCCCCc1cc(O)c(CC[C@@H](C)CCCC(C)C)c(OCCOc2cc(O)cc(O)c2)c1. The number of hydrogen-bond acceptors (Lipinski definition) is 5. The standard InChI is InChI=1S/C29H44O5/c1-5-6-7-11-23-16-28(32)27(13-12-22(4)10-8-9-21(2)3)29(17-23)34-15-14-33-26-19-24(30)18-25(31)20-26/h16-22,30-32H,5-15H2,1-4H3/t22-/m0/s1. The molecule has 2 aromatic carbocycles. The van der Waals surface area contributed by atoms with E-state index in [1.54, 1.807) is 0 Å². The molecule has 34 heavy (non-hydrogen) atoms. The molecular formula is C29H44O5. The van der Waals surface area contributed by atoms with Crippen molar-refractivity contribution in [2.45, 2.75) is 85.5 Å². The topological polar surface area (TPSA) is 79.2 Å². The van der Waals surface area contributed by atoms with E-state index in [2.05, 4.69) is 33.8 Å². The lowest BCUT2D eigenvalue weighted by Gasteiger charge is -2.18. The molecule has 190 valence electrons. The second-order valence-electron chi connectivity index (χ2n) is 9.90. The van der Waals surface area contributed by atoms with Gasteiger partial charge in [-0.3, -0.25) is 0 Å². The van der Waals surface area contributed by atoms with Crippen LogP contribution in [-0.4, -0.2) is 28.5 Å². The molecule has 0 heterocycles. The van der Waals surface area contributed by atoms with Crippen molar-refractivity contribution >= 4 is 0 Å². The van der Waals surface area contributed by atoms with Crippen molar-refractivity contribution in [1.82, 2.24) is 0 Å². The number of aromatic hydroxyl groups is 3. The number of unbranched alkanes of at least 4 members (excludes halogenated alkanes) is 2. The van der Waals surface area contributed by atoms with E-state index in [-0.39, 0.29) is 18.1 Å². The first-order valence-corrected chi connectivity index (χ1v) is 12.9. The Kier molecular flexibility index (Phi) is 11.9.